The third kappa shape index (κ3) is 6.19. The van der Waals surface area contributed by atoms with Gasteiger partial charge in [-0.2, -0.15) is 0 Å². The van der Waals surface area contributed by atoms with E-state index in [1.165, 1.54) is 37.0 Å². The molecule has 1 fully saturated rings. The van der Waals surface area contributed by atoms with Crippen LogP contribution >= 0.6 is 35.3 Å². The largest absolute Gasteiger partial charge is 0.396 e. The minimum Gasteiger partial charge on any atom is -0.396 e. The predicted molar refractivity (Wildman–Crippen MR) is 115 cm³/mol. The van der Waals surface area contributed by atoms with Gasteiger partial charge < -0.3 is 15.7 Å². The molecular weight excluding hydrogens is 433 g/mol. The number of hydrogen-bond acceptors (Lipinski definition) is 3. The Morgan fingerprint density at radius 2 is 2.08 bits per heavy atom. The first kappa shape index (κ1) is 21.7. The van der Waals surface area contributed by atoms with Crippen LogP contribution < -0.4 is 10.6 Å². The van der Waals surface area contributed by atoms with Gasteiger partial charge in [-0.05, 0) is 37.1 Å². The van der Waals surface area contributed by atoms with Gasteiger partial charge >= 0.3 is 0 Å². The van der Waals surface area contributed by atoms with E-state index in [1.807, 2.05) is 18.3 Å². The Morgan fingerprint density at radius 3 is 2.67 bits per heavy atom. The molecule has 1 aliphatic rings. The van der Waals surface area contributed by atoms with Gasteiger partial charge in [0.15, 0.2) is 5.96 Å². The number of nitrogens with zero attached hydrogens (tertiary/aromatic N) is 1. The van der Waals surface area contributed by atoms with E-state index < -0.39 is 0 Å². The molecule has 0 aromatic carbocycles. The van der Waals surface area contributed by atoms with Crippen LogP contribution in [0, 0.1) is 5.92 Å². The Balaban J connectivity index is 0.00000288. The smallest absolute Gasteiger partial charge is 0.191 e. The Kier molecular flexibility index (Phi) is 10.2. The number of aliphatic hydroxyl groups excluding tert-OH is 1. The first-order valence-corrected chi connectivity index (χ1v) is 9.75. The van der Waals surface area contributed by atoms with Crippen LogP contribution in [0.1, 0.15) is 50.8 Å². The second-order valence-corrected chi connectivity index (χ2v) is 7.63. The van der Waals surface area contributed by atoms with Crippen molar-refractivity contribution in [3.63, 3.8) is 0 Å². The quantitative estimate of drug-likeness (QED) is 0.327. The third-order valence-electron chi connectivity index (χ3n) is 4.67. The minimum atomic E-state index is 0. The van der Waals surface area contributed by atoms with Gasteiger partial charge in [-0.3, -0.25) is 4.99 Å². The van der Waals surface area contributed by atoms with Gasteiger partial charge in [-0.25, -0.2) is 0 Å². The summed E-state index contributed by atoms with van der Waals surface area (Å²) < 4.78 is 0. The van der Waals surface area contributed by atoms with Crippen LogP contribution in [0.5, 0.6) is 0 Å². The number of hydrogen-bond donors (Lipinski definition) is 3. The topological polar surface area (TPSA) is 56.7 Å². The molecule has 0 bridgehead atoms. The Hall–Kier alpha value is -0.340. The summed E-state index contributed by atoms with van der Waals surface area (Å²) in [5.41, 5.74) is 0.220. The molecule has 1 saturated carbocycles. The lowest BCUT2D eigenvalue weighted by molar-refractivity contribution is 0.238. The molecule has 0 aliphatic heterocycles. The SMILES string of the molecule is CCNC(=NCC1(c2cccs2)CCCCC1)NCC(C)CO.I. The highest BCUT2D eigenvalue weighted by Crippen LogP contribution is 2.41. The summed E-state index contributed by atoms with van der Waals surface area (Å²) in [6.45, 7) is 6.76. The maximum Gasteiger partial charge on any atom is 0.191 e. The number of rotatable bonds is 7. The van der Waals surface area contributed by atoms with E-state index in [-0.39, 0.29) is 41.9 Å². The lowest BCUT2D eigenvalue weighted by Crippen LogP contribution is -2.41. The summed E-state index contributed by atoms with van der Waals surface area (Å²) in [5.74, 6) is 1.11. The molecule has 0 radical (unpaired) electrons. The van der Waals surface area contributed by atoms with Crippen molar-refractivity contribution in [3.8, 4) is 0 Å². The van der Waals surface area contributed by atoms with E-state index in [2.05, 4.69) is 35.1 Å². The second-order valence-electron chi connectivity index (χ2n) is 6.68. The monoisotopic (exact) mass is 465 g/mol. The number of aliphatic imine (C=N–C) groups is 1. The van der Waals surface area contributed by atoms with Gasteiger partial charge in [0, 0.05) is 30.0 Å². The van der Waals surface area contributed by atoms with E-state index >= 15 is 0 Å². The molecule has 1 aliphatic carbocycles. The van der Waals surface area contributed by atoms with Gasteiger partial charge in [-0.15, -0.1) is 35.3 Å². The molecule has 0 saturated heterocycles. The highest BCUT2D eigenvalue weighted by atomic mass is 127. The van der Waals surface area contributed by atoms with Crippen LogP contribution in [-0.2, 0) is 5.41 Å². The lowest BCUT2D eigenvalue weighted by Gasteiger charge is -2.35. The molecule has 0 amide bonds. The number of nitrogens with one attached hydrogen (secondary N) is 2. The molecule has 24 heavy (non-hydrogen) atoms. The van der Waals surface area contributed by atoms with Crippen LogP contribution in [0.15, 0.2) is 22.5 Å². The molecular formula is C18H32IN3OS. The molecule has 1 unspecified atom stereocenters. The number of halogens is 1. The Labute approximate surface area is 167 Å². The molecule has 1 aromatic rings. The average Bonchev–Trinajstić information content (AvgIpc) is 3.13. The van der Waals surface area contributed by atoms with Crippen molar-refractivity contribution in [1.29, 1.82) is 0 Å². The zero-order chi connectivity index (χ0) is 16.5. The second kappa shape index (κ2) is 11.3. The standard InChI is InChI=1S/C18H31N3OS.HI/c1-3-19-17(20-12-15(2)13-22)21-14-18(9-5-4-6-10-18)16-8-7-11-23-16;/h7-8,11,15,22H,3-6,9-10,12-14H2,1-2H3,(H2,19,20,21);1H. The Morgan fingerprint density at radius 1 is 1.33 bits per heavy atom. The zero-order valence-electron chi connectivity index (χ0n) is 14.9. The summed E-state index contributed by atoms with van der Waals surface area (Å²) in [7, 11) is 0. The summed E-state index contributed by atoms with van der Waals surface area (Å²) in [6.07, 6.45) is 6.44. The molecule has 6 heteroatoms. The van der Waals surface area contributed by atoms with E-state index in [0.717, 1.165) is 25.6 Å². The van der Waals surface area contributed by atoms with Gasteiger partial charge in [0.1, 0.15) is 0 Å². The summed E-state index contributed by atoms with van der Waals surface area (Å²) in [6, 6.07) is 4.44. The van der Waals surface area contributed by atoms with E-state index in [0.29, 0.717) is 0 Å². The van der Waals surface area contributed by atoms with Gasteiger partial charge in [0.2, 0.25) is 0 Å². The average molecular weight is 465 g/mol. The van der Waals surface area contributed by atoms with Crippen LogP contribution in [0.2, 0.25) is 0 Å². The van der Waals surface area contributed by atoms with Gasteiger partial charge in [-0.1, -0.05) is 32.3 Å². The van der Waals surface area contributed by atoms with Crippen molar-refractivity contribution in [3.05, 3.63) is 22.4 Å². The van der Waals surface area contributed by atoms with Gasteiger partial charge in [0.25, 0.3) is 0 Å². The minimum absolute atomic E-state index is 0. The zero-order valence-corrected chi connectivity index (χ0v) is 18.0. The first-order valence-electron chi connectivity index (χ1n) is 8.87. The van der Waals surface area contributed by atoms with E-state index in [4.69, 9.17) is 4.99 Å². The highest BCUT2D eigenvalue weighted by Gasteiger charge is 2.34. The van der Waals surface area contributed by atoms with E-state index in [9.17, 15) is 5.11 Å². The van der Waals surface area contributed by atoms with Crippen LogP contribution in [-0.4, -0.2) is 37.3 Å². The van der Waals surface area contributed by atoms with Crippen molar-refractivity contribution < 1.29 is 5.11 Å². The summed E-state index contributed by atoms with van der Waals surface area (Å²) in [4.78, 5) is 6.38. The summed E-state index contributed by atoms with van der Waals surface area (Å²) >= 11 is 1.87. The molecule has 4 nitrogen and oxygen atoms in total. The number of thiophene rings is 1. The Bertz CT molecular complexity index is 473. The molecule has 138 valence electrons. The van der Waals surface area contributed by atoms with Crippen LogP contribution in [0.25, 0.3) is 0 Å². The maximum atomic E-state index is 9.18. The third-order valence-corrected chi connectivity index (χ3v) is 5.78. The molecule has 3 N–H and O–H groups in total. The number of aliphatic hydroxyl groups is 1. The normalized spacial score (nSPS) is 18.5. The highest BCUT2D eigenvalue weighted by molar-refractivity contribution is 14.0. The fourth-order valence-electron chi connectivity index (χ4n) is 3.20. The van der Waals surface area contributed by atoms with Crippen LogP contribution in [0.3, 0.4) is 0 Å². The molecule has 1 aromatic heterocycles. The van der Waals surface area contributed by atoms with Crippen LogP contribution in [0.4, 0.5) is 0 Å². The number of guanidine groups is 1. The maximum absolute atomic E-state index is 9.18. The molecule has 2 rings (SSSR count). The fourth-order valence-corrected chi connectivity index (χ4v) is 4.18. The van der Waals surface area contributed by atoms with Crippen molar-refractivity contribution in [2.75, 3.05) is 26.2 Å². The molecule has 0 spiro atoms. The first-order chi connectivity index (χ1) is 11.2. The molecule has 1 heterocycles. The van der Waals surface area contributed by atoms with Crippen molar-refractivity contribution in [1.82, 2.24) is 10.6 Å². The summed E-state index contributed by atoms with van der Waals surface area (Å²) in [5, 5.41) is 18.0. The fraction of sp³-hybridized carbons (Fsp3) is 0.722. The lowest BCUT2D eigenvalue weighted by atomic mass is 9.73. The van der Waals surface area contributed by atoms with E-state index in [1.54, 1.807) is 0 Å². The predicted octanol–water partition coefficient (Wildman–Crippen LogP) is 3.75. The van der Waals surface area contributed by atoms with Crippen molar-refractivity contribution in [2.45, 2.75) is 51.4 Å². The molecule has 1 atom stereocenters. The van der Waals surface area contributed by atoms with Gasteiger partial charge in [0.05, 0.1) is 6.54 Å². The van der Waals surface area contributed by atoms with Crippen molar-refractivity contribution in [2.24, 2.45) is 10.9 Å². The van der Waals surface area contributed by atoms with Crippen molar-refractivity contribution >= 4 is 41.3 Å².